The Balaban J connectivity index is 2.06. The molecule has 1 atom stereocenters. The molecule has 0 fully saturated rings. The van der Waals surface area contributed by atoms with E-state index in [2.05, 4.69) is 19.2 Å². The molecule has 0 radical (unpaired) electrons. The lowest BCUT2D eigenvalue weighted by atomic mass is 9.90. The van der Waals surface area contributed by atoms with E-state index >= 15 is 0 Å². The van der Waals surface area contributed by atoms with Crippen LogP contribution in [-0.4, -0.2) is 44.6 Å². The van der Waals surface area contributed by atoms with Gasteiger partial charge in [0, 0.05) is 31.7 Å². The van der Waals surface area contributed by atoms with Crippen molar-refractivity contribution in [1.82, 2.24) is 5.32 Å². The van der Waals surface area contributed by atoms with Crippen molar-refractivity contribution in [2.45, 2.75) is 33.0 Å². The van der Waals surface area contributed by atoms with Crippen LogP contribution in [0.5, 0.6) is 0 Å². The van der Waals surface area contributed by atoms with Gasteiger partial charge >= 0.3 is 0 Å². The maximum absolute atomic E-state index is 9.84. The van der Waals surface area contributed by atoms with Crippen LogP contribution in [0.15, 0.2) is 17.5 Å². The standard InChI is InChI=1S/C15H27NO3S/c1-15(2,6-7-18-3)12-16-9-13(17)10-19-11-14-5-4-8-20-14/h4-5,8,13,16-17H,6-7,9-12H2,1-3H3. The SMILES string of the molecule is COCCC(C)(C)CNCC(O)COCc1cccs1. The third-order valence-electron chi connectivity index (χ3n) is 3.10. The molecule has 0 amide bonds. The van der Waals surface area contributed by atoms with Gasteiger partial charge in [-0.2, -0.15) is 0 Å². The minimum atomic E-state index is -0.465. The molecular formula is C15H27NO3S. The third-order valence-corrected chi connectivity index (χ3v) is 3.95. The quantitative estimate of drug-likeness (QED) is 0.658. The van der Waals surface area contributed by atoms with Crippen LogP contribution in [0.25, 0.3) is 0 Å². The molecule has 0 aromatic carbocycles. The molecule has 1 aromatic rings. The van der Waals surface area contributed by atoms with Gasteiger partial charge in [-0.25, -0.2) is 0 Å². The van der Waals surface area contributed by atoms with Gasteiger partial charge in [-0.15, -0.1) is 11.3 Å². The zero-order valence-electron chi connectivity index (χ0n) is 12.7. The summed E-state index contributed by atoms with van der Waals surface area (Å²) < 4.78 is 10.6. The topological polar surface area (TPSA) is 50.7 Å². The maximum Gasteiger partial charge on any atom is 0.0897 e. The van der Waals surface area contributed by atoms with Gasteiger partial charge in [0.25, 0.3) is 0 Å². The normalized spacial score (nSPS) is 13.6. The highest BCUT2D eigenvalue weighted by molar-refractivity contribution is 7.09. The van der Waals surface area contributed by atoms with Crippen molar-refractivity contribution in [3.8, 4) is 0 Å². The van der Waals surface area contributed by atoms with E-state index in [1.807, 2.05) is 17.5 Å². The number of aliphatic hydroxyl groups is 1. The third kappa shape index (κ3) is 7.97. The summed E-state index contributed by atoms with van der Waals surface area (Å²) in [5, 5.41) is 15.2. The molecule has 0 spiro atoms. The molecule has 116 valence electrons. The predicted molar refractivity (Wildman–Crippen MR) is 83.1 cm³/mol. The van der Waals surface area contributed by atoms with Crippen molar-refractivity contribution in [2.75, 3.05) is 33.4 Å². The summed E-state index contributed by atoms with van der Waals surface area (Å²) in [5.74, 6) is 0. The Morgan fingerprint density at radius 3 is 2.90 bits per heavy atom. The van der Waals surface area contributed by atoms with Gasteiger partial charge in [-0.3, -0.25) is 0 Å². The fourth-order valence-electron chi connectivity index (χ4n) is 1.79. The molecule has 0 aliphatic carbocycles. The van der Waals surface area contributed by atoms with Gasteiger partial charge in [0.2, 0.25) is 0 Å². The van der Waals surface area contributed by atoms with E-state index in [0.29, 0.717) is 19.8 Å². The summed E-state index contributed by atoms with van der Waals surface area (Å²) in [7, 11) is 1.72. The molecule has 1 heterocycles. The molecule has 0 aliphatic rings. The van der Waals surface area contributed by atoms with Gasteiger partial charge in [0.1, 0.15) is 0 Å². The molecular weight excluding hydrogens is 274 g/mol. The molecule has 0 bridgehead atoms. The van der Waals surface area contributed by atoms with E-state index < -0.39 is 6.10 Å². The molecule has 2 N–H and O–H groups in total. The number of rotatable bonds is 11. The smallest absolute Gasteiger partial charge is 0.0897 e. The van der Waals surface area contributed by atoms with Gasteiger partial charge in [0.05, 0.1) is 19.3 Å². The van der Waals surface area contributed by atoms with Crippen LogP contribution in [0.1, 0.15) is 25.1 Å². The molecule has 0 aliphatic heterocycles. The van der Waals surface area contributed by atoms with Crippen LogP contribution in [0.3, 0.4) is 0 Å². The predicted octanol–water partition coefficient (Wildman–Crippen LogP) is 2.28. The van der Waals surface area contributed by atoms with E-state index in [1.54, 1.807) is 18.4 Å². The van der Waals surface area contributed by atoms with Gasteiger partial charge in [0.15, 0.2) is 0 Å². The number of nitrogens with one attached hydrogen (secondary N) is 1. The largest absolute Gasteiger partial charge is 0.389 e. The van der Waals surface area contributed by atoms with E-state index in [0.717, 1.165) is 19.6 Å². The highest BCUT2D eigenvalue weighted by atomic mass is 32.1. The van der Waals surface area contributed by atoms with Gasteiger partial charge < -0.3 is 19.9 Å². The molecule has 1 rings (SSSR count). The van der Waals surface area contributed by atoms with Gasteiger partial charge in [-0.1, -0.05) is 19.9 Å². The van der Waals surface area contributed by atoms with Crippen LogP contribution >= 0.6 is 11.3 Å². The number of hydrogen-bond donors (Lipinski definition) is 2. The summed E-state index contributed by atoms with van der Waals surface area (Å²) in [4.78, 5) is 1.19. The number of ether oxygens (including phenoxy) is 2. The fourth-order valence-corrected chi connectivity index (χ4v) is 2.43. The Morgan fingerprint density at radius 1 is 1.45 bits per heavy atom. The van der Waals surface area contributed by atoms with Crippen LogP contribution < -0.4 is 5.32 Å². The van der Waals surface area contributed by atoms with Crippen LogP contribution in [0.2, 0.25) is 0 Å². The van der Waals surface area contributed by atoms with Crippen LogP contribution in [-0.2, 0) is 16.1 Å². The fraction of sp³-hybridized carbons (Fsp3) is 0.733. The summed E-state index contributed by atoms with van der Waals surface area (Å²) in [6, 6.07) is 4.04. The zero-order chi connectivity index (χ0) is 14.8. The average molecular weight is 301 g/mol. The van der Waals surface area contributed by atoms with Gasteiger partial charge in [-0.05, 0) is 23.3 Å². The lowest BCUT2D eigenvalue weighted by molar-refractivity contribution is 0.0285. The number of thiophene rings is 1. The van der Waals surface area contributed by atoms with Crippen LogP contribution in [0, 0.1) is 5.41 Å². The second-order valence-electron chi connectivity index (χ2n) is 5.79. The monoisotopic (exact) mass is 301 g/mol. The first-order valence-electron chi connectivity index (χ1n) is 7.01. The molecule has 20 heavy (non-hydrogen) atoms. The van der Waals surface area contributed by atoms with Crippen molar-refractivity contribution < 1.29 is 14.6 Å². The Bertz CT molecular complexity index is 341. The molecule has 4 nitrogen and oxygen atoms in total. The lowest BCUT2D eigenvalue weighted by Gasteiger charge is -2.25. The second-order valence-corrected chi connectivity index (χ2v) is 6.82. The van der Waals surface area contributed by atoms with E-state index in [1.165, 1.54) is 4.88 Å². The average Bonchev–Trinajstić information content (AvgIpc) is 2.89. The molecule has 1 unspecified atom stereocenters. The summed E-state index contributed by atoms with van der Waals surface area (Å²) in [6.07, 6.45) is 0.537. The highest BCUT2D eigenvalue weighted by Gasteiger charge is 2.17. The van der Waals surface area contributed by atoms with Crippen molar-refractivity contribution in [3.05, 3.63) is 22.4 Å². The summed E-state index contributed by atoms with van der Waals surface area (Å²) in [6.45, 7) is 7.51. The zero-order valence-corrected chi connectivity index (χ0v) is 13.5. The molecule has 1 aromatic heterocycles. The minimum absolute atomic E-state index is 0.174. The van der Waals surface area contributed by atoms with E-state index in [9.17, 15) is 5.11 Å². The van der Waals surface area contributed by atoms with E-state index in [4.69, 9.17) is 9.47 Å². The Labute approximate surface area is 126 Å². The number of hydrogen-bond acceptors (Lipinski definition) is 5. The number of methoxy groups -OCH3 is 1. The summed E-state index contributed by atoms with van der Waals surface area (Å²) in [5.41, 5.74) is 0.174. The van der Waals surface area contributed by atoms with Crippen molar-refractivity contribution >= 4 is 11.3 Å². The van der Waals surface area contributed by atoms with E-state index in [-0.39, 0.29) is 5.41 Å². The molecule has 0 saturated heterocycles. The Hall–Kier alpha value is -0.460. The van der Waals surface area contributed by atoms with Crippen molar-refractivity contribution in [1.29, 1.82) is 0 Å². The Kier molecular flexibility index (Phi) is 8.33. The molecule has 5 heteroatoms. The van der Waals surface area contributed by atoms with Crippen molar-refractivity contribution in [3.63, 3.8) is 0 Å². The van der Waals surface area contributed by atoms with Crippen molar-refractivity contribution in [2.24, 2.45) is 5.41 Å². The highest BCUT2D eigenvalue weighted by Crippen LogP contribution is 2.18. The first-order chi connectivity index (χ1) is 9.53. The molecule has 0 saturated carbocycles. The maximum atomic E-state index is 9.84. The first kappa shape index (κ1) is 17.6. The van der Waals surface area contributed by atoms with Crippen LogP contribution in [0.4, 0.5) is 0 Å². The first-order valence-corrected chi connectivity index (χ1v) is 7.89. The summed E-state index contributed by atoms with van der Waals surface area (Å²) >= 11 is 1.67. The Morgan fingerprint density at radius 2 is 2.25 bits per heavy atom. The lowest BCUT2D eigenvalue weighted by Crippen LogP contribution is -2.37. The second kappa shape index (κ2) is 9.47. The minimum Gasteiger partial charge on any atom is -0.389 e. The number of aliphatic hydroxyl groups excluding tert-OH is 1.